The average molecular weight is 295 g/mol. The summed E-state index contributed by atoms with van der Waals surface area (Å²) in [6.07, 6.45) is -1.12. The molecule has 0 radical (unpaired) electrons. The van der Waals surface area contributed by atoms with Gasteiger partial charge in [0.25, 0.3) is 0 Å². The predicted molar refractivity (Wildman–Crippen MR) is 74.4 cm³/mol. The van der Waals surface area contributed by atoms with E-state index < -0.39 is 11.7 Å². The van der Waals surface area contributed by atoms with Crippen molar-refractivity contribution in [1.82, 2.24) is 15.3 Å². The fourth-order valence-corrected chi connectivity index (χ4v) is 1.75. The second-order valence-corrected chi connectivity index (χ2v) is 5.03. The van der Waals surface area contributed by atoms with Crippen molar-refractivity contribution >= 4 is 0 Å². The number of nitrogens with one attached hydrogen (secondary N) is 1. The Balaban J connectivity index is 2.19. The van der Waals surface area contributed by atoms with Crippen LogP contribution in [-0.2, 0) is 12.7 Å². The Kier molecular flexibility index (Phi) is 4.57. The molecule has 0 saturated heterocycles. The van der Waals surface area contributed by atoms with Crippen LogP contribution in [0.1, 0.15) is 25.0 Å². The summed E-state index contributed by atoms with van der Waals surface area (Å²) in [6, 6.07) is 5.35. The molecule has 0 aliphatic carbocycles. The third-order valence-electron chi connectivity index (χ3n) is 2.87. The van der Waals surface area contributed by atoms with Crippen molar-refractivity contribution in [2.24, 2.45) is 0 Å². The second-order valence-electron chi connectivity index (χ2n) is 5.03. The van der Waals surface area contributed by atoms with E-state index in [1.54, 1.807) is 18.5 Å². The molecule has 0 spiro atoms. The monoisotopic (exact) mass is 295 g/mol. The van der Waals surface area contributed by atoms with Crippen molar-refractivity contribution in [1.29, 1.82) is 0 Å². The summed E-state index contributed by atoms with van der Waals surface area (Å²) in [4.78, 5) is 8.26. The van der Waals surface area contributed by atoms with E-state index in [9.17, 15) is 13.2 Å². The van der Waals surface area contributed by atoms with Crippen molar-refractivity contribution in [2.45, 2.75) is 32.6 Å². The van der Waals surface area contributed by atoms with E-state index in [1.165, 1.54) is 6.07 Å². The predicted octanol–water partition coefficient (Wildman–Crippen LogP) is 3.66. The molecule has 0 amide bonds. The molecule has 0 fully saturated rings. The van der Waals surface area contributed by atoms with Gasteiger partial charge in [-0.05, 0) is 12.1 Å². The minimum absolute atomic E-state index is 0.286. The molecule has 0 unspecified atom stereocenters. The van der Waals surface area contributed by atoms with Crippen LogP contribution in [0.3, 0.4) is 0 Å². The van der Waals surface area contributed by atoms with E-state index >= 15 is 0 Å². The first-order valence-electron chi connectivity index (χ1n) is 6.58. The zero-order chi connectivity index (χ0) is 15.5. The average Bonchev–Trinajstić information content (AvgIpc) is 2.45. The van der Waals surface area contributed by atoms with E-state index in [0.717, 1.165) is 17.7 Å². The first kappa shape index (κ1) is 15.4. The van der Waals surface area contributed by atoms with Crippen LogP contribution in [-0.4, -0.2) is 16.0 Å². The van der Waals surface area contributed by atoms with Gasteiger partial charge in [-0.1, -0.05) is 26.0 Å². The number of alkyl halides is 3. The molecule has 112 valence electrons. The first-order valence-corrected chi connectivity index (χ1v) is 6.58. The molecule has 1 N–H and O–H groups in total. The maximum atomic E-state index is 12.7. The molecule has 21 heavy (non-hydrogen) atoms. The number of nitrogens with zero attached hydrogens (tertiary/aromatic N) is 2. The molecule has 0 bridgehead atoms. The molecule has 0 aliphatic heterocycles. The van der Waals surface area contributed by atoms with Gasteiger partial charge in [-0.3, -0.25) is 0 Å². The van der Waals surface area contributed by atoms with Crippen molar-refractivity contribution in [2.75, 3.05) is 0 Å². The van der Waals surface area contributed by atoms with E-state index in [0.29, 0.717) is 18.2 Å². The summed E-state index contributed by atoms with van der Waals surface area (Å²) < 4.78 is 38.0. The number of aromatic nitrogens is 2. The maximum Gasteiger partial charge on any atom is 0.416 e. The molecule has 6 heteroatoms. The summed E-state index contributed by atoms with van der Waals surface area (Å²) in [5.41, 5.74) is 0.543. The Morgan fingerprint density at radius 2 is 1.81 bits per heavy atom. The van der Waals surface area contributed by atoms with E-state index in [1.807, 2.05) is 13.8 Å². The standard InChI is InChI=1S/C15H16F3N3/c1-10(2)19-7-11-8-20-14(21-9-11)12-4-3-5-13(6-12)15(16,17)18/h3-6,8-10,19H,7H2,1-2H3. The summed E-state index contributed by atoms with van der Waals surface area (Å²) in [5, 5.41) is 3.22. The van der Waals surface area contributed by atoms with Crippen LogP contribution < -0.4 is 5.32 Å². The van der Waals surface area contributed by atoms with Crippen molar-refractivity contribution < 1.29 is 13.2 Å². The smallest absolute Gasteiger partial charge is 0.310 e. The van der Waals surface area contributed by atoms with Gasteiger partial charge in [-0.15, -0.1) is 0 Å². The number of benzene rings is 1. The number of rotatable bonds is 4. The molecular formula is C15H16F3N3. The van der Waals surface area contributed by atoms with Gasteiger partial charge in [-0.25, -0.2) is 9.97 Å². The lowest BCUT2D eigenvalue weighted by molar-refractivity contribution is -0.137. The van der Waals surface area contributed by atoms with Gasteiger partial charge in [-0.2, -0.15) is 13.2 Å². The molecule has 2 aromatic rings. The fourth-order valence-electron chi connectivity index (χ4n) is 1.75. The third-order valence-corrected chi connectivity index (χ3v) is 2.87. The highest BCUT2D eigenvalue weighted by atomic mass is 19.4. The highest BCUT2D eigenvalue weighted by molar-refractivity contribution is 5.56. The molecule has 1 heterocycles. The maximum absolute atomic E-state index is 12.7. The lowest BCUT2D eigenvalue weighted by Crippen LogP contribution is -2.21. The molecule has 1 aromatic heterocycles. The van der Waals surface area contributed by atoms with Crippen LogP contribution in [0, 0.1) is 0 Å². The Morgan fingerprint density at radius 3 is 2.38 bits per heavy atom. The Hall–Kier alpha value is -1.95. The minimum atomic E-state index is -4.36. The third kappa shape index (κ3) is 4.26. The Bertz CT molecular complexity index is 592. The Morgan fingerprint density at radius 1 is 1.14 bits per heavy atom. The molecule has 0 aliphatic rings. The van der Waals surface area contributed by atoms with Crippen molar-refractivity contribution in [3.05, 3.63) is 47.8 Å². The highest BCUT2D eigenvalue weighted by Gasteiger charge is 2.30. The minimum Gasteiger partial charge on any atom is -0.310 e. The van der Waals surface area contributed by atoms with E-state index in [2.05, 4.69) is 15.3 Å². The molecule has 3 nitrogen and oxygen atoms in total. The zero-order valence-electron chi connectivity index (χ0n) is 11.8. The van der Waals surface area contributed by atoms with Gasteiger partial charge in [0.2, 0.25) is 0 Å². The fraction of sp³-hybridized carbons (Fsp3) is 0.333. The summed E-state index contributed by atoms with van der Waals surface area (Å²) in [6.45, 7) is 4.68. The normalized spacial score (nSPS) is 11.9. The lowest BCUT2D eigenvalue weighted by Gasteiger charge is -2.09. The highest BCUT2D eigenvalue weighted by Crippen LogP contribution is 2.31. The molecule has 0 saturated carbocycles. The van der Waals surface area contributed by atoms with Gasteiger partial charge in [0, 0.05) is 36.1 Å². The van der Waals surface area contributed by atoms with E-state index in [-0.39, 0.29) is 5.82 Å². The SMILES string of the molecule is CC(C)NCc1cnc(-c2cccc(C(F)(F)F)c2)nc1. The molecule has 0 atom stereocenters. The van der Waals surface area contributed by atoms with E-state index in [4.69, 9.17) is 0 Å². The number of hydrogen-bond donors (Lipinski definition) is 1. The second kappa shape index (κ2) is 6.22. The van der Waals surface area contributed by atoms with Crippen LogP contribution in [0.25, 0.3) is 11.4 Å². The van der Waals surface area contributed by atoms with Crippen LogP contribution in [0.4, 0.5) is 13.2 Å². The summed E-state index contributed by atoms with van der Waals surface area (Å²) >= 11 is 0. The first-order chi connectivity index (χ1) is 9.86. The van der Waals surface area contributed by atoms with Gasteiger partial charge in [0.1, 0.15) is 0 Å². The molecule has 2 rings (SSSR count). The summed E-state index contributed by atoms with van der Waals surface area (Å²) in [7, 11) is 0. The van der Waals surface area contributed by atoms with Crippen molar-refractivity contribution in [3.8, 4) is 11.4 Å². The van der Waals surface area contributed by atoms with Crippen LogP contribution >= 0.6 is 0 Å². The van der Waals surface area contributed by atoms with Crippen molar-refractivity contribution in [3.63, 3.8) is 0 Å². The Labute approximate surface area is 121 Å². The van der Waals surface area contributed by atoms with Gasteiger partial charge in [0.05, 0.1) is 5.56 Å². The topological polar surface area (TPSA) is 37.8 Å². The molecular weight excluding hydrogens is 279 g/mol. The zero-order valence-corrected chi connectivity index (χ0v) is 11.8. The van der Waals surface area contributed by atoms with Gasteiger partial charge in [0.15, 0.2) is 5.82 Å². The molecule has 1 aromatic carbocycles. The summed E-state index contributed by atoms with van der Waals surface area (Å²) in [5.74, 6) is 0.286. The number of halogens is 3. The lowest BCUT2D eigenvalue weighted by atomic mass is 10.1. The van der Waals surface area contributed by atoms with Crippen LogP contribution in [0.2, 0.25) is 0 Å². The van der Waals surface area contributed by atoms with Crippen LogP contribution in [0.15, 0.2) is 36.7 Å². The van der Waals surface area contributed by atoms with Gasteiger partial charge < -0.3 is 5.32 Å². The largest absolute Gasteiger partial charge is 0.416 e. The van der Waals surface area contributed by atoms with Crippen LogP contribution in [0.5, 0.6) is 0 Å². The quantitative estimate of drug-likeness (QED) is 0.935. The van der Waals surface area contributed by atoms with Gasteiger partial charge >= 0.3 is 6.18 Å². The number of hydrogen-bond acceptors (Lipinski definition) is 3.